The van der Waals surface area contributed by atoms with Crippen LogP contribution in [0.1, 0.15) is 6.42 Å². The van der Waals surface area contributed by atoms with Gasteiger partial charge in [0.1, 0.15) is 18.0 Å². The molecule has 0 saturated heterocycles. The molecule has 4 nitrogen and oxygen atoms in total. The van der Waals surface area contributed by atoms with Crippen LogP contribution in [-0.2, 0) is 4.79 Å². The topological polar surface area (TPSA) is 62.1 Å². The molecule has 0 aliphatic carbocycles. The van der Waals surface area contributed by atoms with Crippen LogP contribution in [0.4, 0.5) is 10.1 Å². The molecule has 15 heavy (non-hydrogen) atoms. The molecule has 0 aliphatic rings. The van der Waals surface area contributed by atoms with Crippen molar-refractivity contribution in [2.45, 2.75) is 6.42 Å². The number of carbonyl (C=O) groups excluding carboxylic acids is 1. The highest BCUT2D eigenvalue weighted by Gasteiger charge is 2.07. The van der Waals surface area contributed by atoms with Crippen LogP contribution in [0, 0.1) is 17.1 Å². The van der Waals surface area contributed by atoms with Gasteiger partial charge in [0.25, 0.3) is 0 Å². The number of nitrogens with one attached hydrogen (secondary N) is 1. The smallest absolute Gasteiger partial charge is 0.238 e. The lowest BCUT2D eigenvalue weighted by molar-refractivity contribution is -0.115. The molecule has 5 heteroatoms. The fraction of sp³-hybridized carbons (Fsp3) is 0.200. The number of halogens is 1. The van der Waals surface area contributed by atoms with Gasteiger partial charge in [-0.25, -0.2) is 4.39 Å². The number of hydrogen-bond donors (Lipinski definition) is 1. The predicted octanol–water partition coefficient (Wildman–Crippen LogP) is 1.69. The molecule has 0 saturated carbocycles. The zero-order valence-corrected chi connectivity index (χ0v) is 8.08. The Hall–Kier alpha value is -2.09. The average molecular weight is 208 g/mol. The van der Waals surface area contributed by atoms with E-state index in [4.69, 9.17) is 10.00 Å². The van der Waals surface area contributed by atoms with Crippen LogP contribution >= 0.6 is 0 Å². The first-order valence-electron chi connectivity index (χ1n) is 4.17. The molecule has 0 heterocycles. The summed E-state index contributed by atoms with van der Waals surface area (Å²) in [4.78, 5) is 11.1. The van der Waals surface area contributed by atoms with Crippen molar-refractivity contribution >= 4 is 11.6 Å². The first kappa shape index (κ1) is 11.0. The summed E-state index contributed by atoms with van der Waals surface area (Å²) in [5.74, 6) is -0.632. The minimum Gasteiger partial charge on any atom is -0.495 e. The third-order valence-corrected chi connectivity index (χ3v) is 1.68. The molecule has 0 radical (unpaired) electrons. The predicted molar refractivity (Wildman–Crippen MR) is 51.8 cm³/mol. The van der Waals surface area contributed by atoms with Gasteiger partial charge in [-0.1, -0.05) is 0 Å². The Morgan fingerprint density at radius 1 is 1.67 bits per heavy atom. The summed E-state index contributed by atoms with van der Waals surface area (Å²) in [6.07, 6.45) is -0.278. The van der Waals surface area contributed by atoms with Crippen molar-refractivity contribution in [2.75, 3.05) is 12.4 Å². The van der Waals surface area contributed by atoms with E-state index in [2.05, 4.69) is 5.32 Å². The molecule has 0 aromatic heterocycles. The Kier molecular flexibility index (Phi) is 3.63. The van der Waals surface area contributed by atoms with Gasteiger partial charge < -0.3 is 10.1 Å². The molecule has 0 unspecified atom stereocenters. The zero-order chi connectivity index (χ0) is 11.3. The number of nitrogens with zero attached hydrogens (tertiary/aromatic N) is 1. The Balaban J connectivity index is 2.88. The van der Waals surface area contributed by atoms with Crippen LogP contribution in [-0.4, -0.2) is 13.0 Å². The summed E-state index contributed by atoms with van der Waals surface area (Å²) < 4.78 is 17.8. The van der Waals surface area contributed by atoms with Crippen LogP contribution in [0.25, 0.3) is 0 Å². The minimum absolute atomic E-state index is 0.220. The molecule has 0 bridgehead atoms. The highest BCUT2D eigenvalue weighted by Crippen LogP contribution is 2.24. The van der Waals surface area contributed by atoms with Gasteiger partial charge in [-0.3, -0.25) is 4.79 Å². The molecular weight excluding hydrogens is 199 g/mol. The first-order chi connectivity index (χ1) is 7.17. The SMILES string of the molecule is COc1ccc(F)cc1NC(=O)CC#N. The van der Waals surface area contributed by atoms with E-state index in [1.165, 1.54) is 19.2 Å². The number of methoxy groups -OCH3 is 1. The van der Waals surface area contributed by atoms with E-state index in [9.17, 15) is 9.18 Å². The monoisotopic (exact) mass is 208 g/mol. The molecule has 1 N–H and O–H groups in total. The van der Waals surface area contributed by atoms with Crippen molar-refractivity contribution in [1.29, 1.82) is 5.26 Å². The second kappa shape index (κ2) is 4.96. The van der Waals surface area contributed by atoms with Gasteiger partial charge in [-0.2, -0.15) is 5.26 Å². The second-order valence-electron chi connectivity index (χ2n) is 2.73. The third kappa shape index (κ3) is 2.95. The lowest BCUT2D eigenvalue weighted by atomic mass is 10.2. The standard InChI is InChI=1S/C10H9FN2O2/c1-15-9-3-2-7(11)6-8(9)13-10(14)4-5-12/h2-3,6H,4H2,1H3,(H,13,14). The molecular formula is C10H9FN2O2. The van der Waals surface area contributed by atoms with Gasteiger partial charge in [-0.05, 0) is 12.1 Å². The third-order valence-electron chi connectivity index (χ3n) is 1.68. The Morgan fingerprint density at radius 3 is 3.00 bits per heavy atom. The highest BCUT2D eigenvalue weighted by atomic mass is 19.1. The number of anilines is 1. The van der Waals surface area contributed by atoms with Gasteiger partial charge in [0.05, 0.1) is 18.9 Å². The maximum atomic E-state index is 12.8. The van der Waals surface area contributed by atoms with E-state index in [-0.39, 0.29) is 12.1 Å². The Labute approximate surface area is 86.3 Å². The van der Waals surface area contributed by atoms with Crippen LogP contribution in [0.5, 0.6) is 5.75 Å². The van der Waals surface area contributed by atoms with E-state index >= 15 is 0 Å². The zero-order valence-electron chi connectivity index (χ0n) is 8.08. The van der Waals surface area contributed by atoms with Crippen LogP contribution in [0.2, 0.25) is 0 Å². The molecule has 78 valence electrons. The summed E-state index contributed by atoms with van der Waals surface area (Å²) in [5.41, 5.74) is 0.220. The Morgan fingerprint density at radius 2 is 2.40 bits per heavy atom. The summed E-state index contributed by atoms with van der Waals surface area (Å²) in [6, 6.07) is 5.45. The maximum absolute atomic E-state index is 12.8. The molecule has 0 fully saturated rings. The summed E-state index contributed by atoms with van der Waals surface area (Å²) in [6.45, 7) is 0. The summed E-state index contributed by atoms with van der Waals surface area (Å²) in [7, 11) is 1.41. The normalized spacial score (nSPS) is 9.13. The fourth-order valence-corrected chi connectivity index (χ4v) is 1.04. The van der Waals surface area contributed by atoms with Crippen molar-refractivity contribution in [1.82, 2.24) is 0 Å². The van der Waals surface area contributed by atoms with Crippen molar-refractivity contribution in [3.8, 4) is 11.8 Å². The van der Waals surface area contributed by atoms with Crippen molar-refractivity contribution in [3.05, 3.63) is 24.0 Å². The lowest BCUT2D eigenvalue weighted by Crippen LogP contribution is -2.11. The number of hydrogen-bond acceptors (Lipinski definition) is 3. The maximum Gasteiger partial charge on any atom is 0.238 e. The molecule has 0 spiro atoms. The lowest BCUT2D eigenvalue weighted by Gasteiger charge is -2.08. The number of amides is 1. The van der Waals surface area contributed by atoms with E-state index in [1.807, 2.05) is 0 Å². The van der Waals surface area contributed by atoms with Crippen LogP contribution in [0.3, 0.4) is 0 Å². The number of carbonyl (C=O) groups is 1. The van der Waals surface area contributed by atoms with Gasteiger partial charge in [0.2, 0.25) is 5.91 Å². The van der Waals surface area contributed by atoms with Crippen molar-refractivity contribution in [2.24, 2.45) is 0 Å². The summed E-state index contributed by atoms with van der Waals surface area (Å²) >= 11 is 0. The molecule has 0 aliphatic heterocycles. The molecule has 1 aromatic carbocycles. The fourth-order valence-electron chi connectivity index (χ4n) is 1.04. The molecule has 1 rings (SSSR count). The van der Waals surface area contributed by atoms with E-state index < -0.39 is 11.7 Å². The van der Waals surface area contributed by atoms with Crippen molar-refractivity contribution in [3.63, 3.8) is 0 Å². The number of benzene rings is 1. The van der Waals surface area contributed by atoms with Gasteiger partial charge >= 0.3 is 0 Å². The number of nitriles is 1. The molecule has 0 atom stereocenters. The van der Waals surface area contributed by atoms with E-state index in [0.29, 0.717) is 5.75 Å². The average Bonchev–Trinajstić information content (AvgIpc) is 2.18. The van der Waals surface area contributed by atoms with Gasteiger partial charge in [-0.15, -0.1) is 0 Å². The minimum atomic E-state index is -0.499. The van der Waals surface area contributed by atoms with Crippen LogP contribution in [0.15, 0.2) is 18.2 Å². The van der Waals surface area contributed by atoms with E-state index in [1.54, 1.807) is 6.07 Å². The van der Waals surface area contributed by atoms with Crippen molar-refractivity contribution < 1.29 is 13.9 Å². The van der Waals surface area contributed by atoms with Gasteiger partial charge in [0, 0.05) is 6.07 Å². The van der Waals surface area contributed by atoms with E-state index in [0.717, 1.165) is 6.07 Å². The number of ether oxygens (including phenoxy) is 1. The second-order valence-corrected chi connectivity index (χ2v) is 2.73. The Bertz CT molecular complexity index is 412. The molecule has 1 amide bonds. The quantitative estimate of drug-likeness (QED) is 0.822. The van der Waals surface area contributed by atoms with Crippen LogP contribution < -0.4 is 10.1 Å². The summed E-state index contributed by atoms with van der Waals surface area (Å²) in [5, 5.41) is 10.7. The van der Waals surface area contributed by atoms with Gasteiger partial charge in [0.15, 0.2) is 0 Å². The first-order valence-corrected chi connectivity index (χ1v) is 4.17. The highest BCUT2D eigenvalue weighted by molar-refractivity contribution is 5.93. The molecule has 1 aromatic rings. The number of rotatable bonds is 3. The largest absolute Gasteiger partial charge is 0.495 e.